The van der Waals surface area contributed by atoms with E-state index in [0.29, 0.717) is 37.0 Å². The Hall–Kier alpha value is -3.43. The zero-order chi connectivity index (χ0) is 26.1. The highest BCUT2D eigenvalue weighted by atomic mass is 16.5. The molecule has 2 amide bonds. The van der Waals surface area contributed by atoms with Gasteiger partial charge in [-0.2, -0.15) is 0 Å². The molecule has 1 aliphatic heterocycles. The number of nitrogens with one attached hydrogen (secondary N) is 2. The van der Waals surface area contributed by atoms with E-state index in [9.17, 15) is 9.59 Å². The number of anilines is 1. The van der Waals surface area contributed by atoms with Crippen LogP contribution in [0.3, 0.4) is 0 Å². The molecule has 1 saturated heterocycles. The summed E-state index contributed by atoms with van der Waals surface area (Å²) in [7, 11) is 0. The molecular weight excluding hydrogens is 456 g/mol. The molecule has 8 N–H and O–H groups in total. The van der Waals surface area contributed by atoms with E-state index in [1.54, 1.807) is 4.90 Å². The summed E-state index contributed by atoms with van der Waals surface area (Å²) in [5.41, 5.74) is 21.9. The average Bonchev–Trinajstić information content (AvgIpc) is 3.40. The number of rotatable bonds is 7. The smallest absolute Gasteiger partial charge is 0.256 e. The van der Waals surface area contributed by atoms with Gasteiger partial charge in [0.2, 0.25) is 5.71 Å². The number of aromatic nitrogens is 1. The van der Waals surface area contributed by atoms with E-state index in [0.717, 1.165) is 29.7 Å². The van der Waals surface area contributed by atoms with Crippen molar-refractivity contribution in [2.24, 2.45) is 28.5 Å². The molecule has 0 bridgehead atoms. The lowest BCUT2D eigenvalue weighted by Gasteiger charge is -2.37. The molecule has 9 nitrogen and oxygen atoms in total. The van der Waals surface area contributed by atoms with Gasteiger partial charge in [0.1, 0.15) is 24.4 Å². The van der Waals surface area contributed by atoms with Crippen molar-refractivity contribution < 1.29 is 19.3 Å². The summed E-state index contributed by atoms with van der Waals surface area (Å²) in [6.45, 7) is 8.30. The second-order valence-electron chi connectivity index (χ2n) is 10.5. The summed E-state index contributed by atoms with van der Waals surface area (Å²) in [5.74, 6) is -0.333. The Morgan fingerprint density at radius 2 is 1.97 bits per heavy atom. The van der Waals surface area contributed by atoms with E-state index in [-0.39, 0.29) is 29.0 Å². The second kappa shape index (κ2) is 9.91. The molecule has 192 valence electrons. The van der Waals surface area contributed by atoms with Gasteiger partial charge in [-0.1, -0.05) is 26.0 Å². The summed E-state index contributed by atoms with van der Waals surface area (Å²) >= 11 is 0. The lowest BCUT2D eigenvalue weighted by molar-refractivity contribution is -0.468. The van der Waals surface area contributed by atoms with Crippen molar-refractivity contribution in [2.75, 3.05) is 31.2 Å². The number of morpholine rings is 1. The lowest BCUT2D eigenvalue weighted by atomic mass is 9.72. The van der Waals surface area contributed by atoms with Gasteiger partial charge in [0.15, 0.2) is 0 Å². The molecule has 0 radical (unpaired) electrons. The number of H-pyrrole nitrogens is 1. The van der Waals surface area contributed by atoms with Crippen LogP contribution in [0.5, 0.6) is 0 Å². The van der Waals surface area contributed by atoms with Crippen molar-refractivity contribution in [2.45, 2.75) is 39.2 Å². The van der Waals surface area contributed by atoms with E-state index in [1.165, 1.54) is 6.20 Å². The Morgan fingerprint density at radius 1 is 1.25 bits per heavy atom. The zero-order valence-electron chi connectivity index (χ0n) is 21.3. The number of nitrogens with two attached hydrogens (primary N) is 3. The number of benzene rings is 1. The normalized spacial score (nSPS) is 24.8. The second-order valence-corrected chi connectivity index (χ2v) is 10.5. The molecule has 2 atom stereocenters. The highest BCUT2D eigenvalue weighted by molar-refractivity contribution is 6.24. The van der Waals surface area contributed by atoms with Gasteiger partial charge in [-0.3, -0.25) is 9.59 Å². The number of amides is 2. The van der Waals surface area contributed by atoms with Crippen molar-refractivity contribution in [3.05, 3.63) is 54.0 Å². The Bertz CT molecular complexity index is 1190. The van der Waals surface area contributed by atoms with Gasteiger partial charge >= 0.3 is 0 Å². The molecule has 0 spiro atoms. The first-order valence-electron chi connectivity index (χ1n) is 12.3. The maximum Gasteiger partial charge on any atom is 0.256 e. The fraction of sp³-hybridized carbons (Fsp3) is 0.444. The zero-order valence-corrected chi connectivity index (χ0v) is 21.3. The number of primary amides is 1. The first-order chi connectivity index (χ1) is 17.0. The molecule has 2 aromatic rings. The van der Waals surface area contributed by atoms with Crippen LogP contribution in [0, 0.1) is 11.3 Å². The number of carbonyl (C=O) groups is 2. The topological polar surface area (TPSA) is 154 Å². The SMILES string of the molecule is CC1(C)[C@H](C[NH+]=C(C(=CN)C(N)=O)c2cc(-c3ccc(N4CCOCC4=O)cc3)c[nH]2)CC[C@]1(C)N. The van der Waals surface area contributed by atoms with Crippen LogP contribution < -0.4 is 27.1 Å². The minimum atomic E-state index is -0.606. The number of nitrogens with zero attached hydrogens (tertiary/aromatic N) is 1. The van der Waals surface area contributed by atoms with Crippen LogP contribution in [0.25, 0.3) is 11.1 Å². The molecule has 1 aliphatic carbocycles. The van der Waals surface area contributed by atoms with Crippen LogP contribution >= 0.6 is 0 Å². The van der Waals surface area contributed by atoms with Gasteiger partial charge in [-0.05, 0) is 54.5 Å². The number of ether oxygens (including phenoxy) is 1. The number of aromatic amines is 1. The molecular formula is C27H37N6O3+. The molecule has 4 rings (SSSR count). The Balaban J connectivity index is 1.60. The summed E-state index contributed by atoms with van der Waals surface area (Å²) in [6, 6.07) is 9.74. The third-order valence-corrected chi connectivity index (χ3v) is 8.18. The van der Waals surface area contributed by atoms with Crippen LogP contribution in [0.4, 0.5) is 5.69 Å². The van der Waals surface area contributed by atoms with Gasteiger partial charge in [-0.15, -0.1) is 0 Å². The largest absolute Gasteiger partial charge is 0.404 e. The van der Waals surface area contributed by atoms with Crippen molar-refractivity contribution in [1.29, 1.82) is 0 Å². The average molecular weight is 494 g/mol. The van der Waals surface area contributed by atoms with Gasteiger partial charge in [-0.25, -0.2) is 4.99 Å². The summed E-state index contributed by atoms with van der Waals surface area (Å²) < 4.78 is 5.21. The predicted molar refractivity (Wildman–Crippen MR) is 140 cm³/mol. The Kier molecular flexibility index (Phi) is 7.06. The van der Waals surface area contributed by atoms with Gasteiger partial charge in [0, 0.05) is 36.1 Å². The lowest BCUT2D eigenvalue weighted by Crippen LogP contribution is -2.77. The van der Waals surface area contributed by atoms with Crippen LogP contribution in [0.15, 0.2) is 48.3 Å². The number of carbonyl (C=O) groups excluding carboxylic acids is 2. The third kappa shape index (κ3) is 4.81. The van der Waals surface area contributed by atoms with Crippen LogP contribution in [-0.2, 0) is 14.3 Å². The van der Waals surface area contributed by atoms with E-state index in [4.69, 9.17) is 21.9 Å². The van der Waals surface area contributed by atoms with Crippen LogP contribution in [0.2, 0.25) is 0 Å². The maximum atomic E-state index is 12.2. The Morgan fingerprint density at radius 3 is 2.56 bits per heavy atom. The number of hydrogen-bond donors (Lipinski definition) is 5. The molecule has 2 fully saturated rings. The summed E-state index contributed by atoms with van der Waals surface area (Å²) in [4.78, 5) is 32.8. The quantitative estimate of drug-likeness (QED) is 0.279. The first-order valence-corrected chi connectivity index (χ1v) is 12.3. The molecule has 2 heterocycles. The monoisotopic (exact) mass is 493 g/mol. The van der Waals surface area contributed by atoms with Crippen molar-refractivity contribution >= 4 is 23.2 Å². The van der Waals surface area contributed by atoms with Gasteiger partial charge in [0.05, 0.1) is 6.61 Å². The van der Waals surface area contributed by atoms with Crippen molar-refractivity contribution in [3.8, 4) is 11.1 Å². The molecule has 1 saturated carbocycles. The number of hydrogen-bond acceptors (Lipinski definition) is 5. The molecule has 1 aromatic carbocycles. The van der Waals surface area contributed by atoms with Crippen LogP contribution in [-0.4, -0.2) is 54.4 Å². The first kappa shape index (κ1) is 25.7. The molecule has 1 aromatic heterocycles. The predicted octanol–water partition coefficient (Wildman–Crippen LogP) is 0.396. The molecule has 0 unspecified atom stereocenters. The maximum absolute atomic E-state index is 12.2. The van der Waals surface area contributed by atoms with E-state index in [2.05, 4.69) is 30.7 Å². The minimum absolute atomic E-state index is 0.0452. The summed E-state index contributed by atoms with van der Waals surface area (Å²) in [5, 5.41) is 0. The van der Waals surface area contributed by atoms with Crippen molar-refractivity contribution in [3.63, 3.8) is 0 Å². The van der Waals surface area contributed by atoms with Crippen LogP contribution in [0.1, 0.15) is 39.3 Å². The standard InChI is InChI=1S/C27H36N6O3/c1-26(2)19(8-9-27(26,3)30)15-32-24(21(13-28)25(29)35)22-12-18(14-31-22)17-4-6-20(7-5-17)33-10-11-36-16-23(33)34/h4-7,12-14,19,31H,8-11,15-16,28,30H2,1-3H3,(H2,29,35)/p+1/t19-,27-/m0/s1. The van der Waals surface area contributed by atoms with Gasteiger partial charge in [0.25, 0.3) is 11.8 Å². The van der Waals surface area contributed by atoms with E-state index >= 15 is 0 Å². The highest BCUT2D eigenvalue weighted by Gasteiger charge is 2.50. The van der Waals surface area contributed by atoms with E-state index in [1.807, 2.05) is 36.5 Å². The molecule has 2 aliphatic rings. The van der Waals surface area contributed by atoms with E-state index < -0.39 is 5.91 Å². The summed E-state index contributed by atoms with van der Waals surface area (Å²) in [6.07, 6.45) is 5.05. The third-order valence-electron chi connectivity index (χ3n) is 8.18. The fourth-order valence-corrected chi connectivity index (χ4v) is 5.16. The molecule has 9 heteroatoms. The Labute approximate surface area is 211 Å². The fourth-order valence-electron chi connectivity index (χ4n) is 5.16. The molecule has 36 heavy (non-hydrogen) atoms. The van der Waals surface area contributed by atoms with Crippen molar-refractivity contribution in [1.82, 2.24) is 4.98 Å². The highest BCUT2D eigenvalue weighted by Crippen LogP contribution is 2.47. The van der Waals surface area contributed by atoms with Gasteiger partial charge < -0.3 is 31.8 Å². The minimum Gasteiger partial charge on any atom is -0.404 e.